The predicted octanol–water partition coefficient (Wildman–Crippen LogP) is 0.481. The van der Waals surface area contributed by atoms with Crippen LogP contribution in [0.15, 0.2) is 0 Å². The third-order valence-corrected chi connectivity index (χ3v) is 3.96. The van der Waals surface area contributed by atoms with E-state index in [0.29, 0.717) is 11.8 Å². The molecule has 0 bridgehead atoms. The lowest BCUT2D eigenvalue weighted by molar-refractivity contribution is -0.301. The van der Waals surface area contributed by atoms with Gasteiger partial charge in [-0.15, -0.1) is 0 Å². The van der Waals surface area contributed by atoms with Crippen LogP contribution >= 0.6 is 15.9 Å². The van der Waals surface area contributed by atoms with Crippen molar-refractivity contribution in [1.29, 1.82) is 0 Å². The molecular weight excluding hydrogens is 432 g/mol. The summed E-state index contributed by atoms with van der Waals surface area (Å²) < 4.78 is 31.3. The van der Waals surface area contributed by atoms with Crippen LogP contribution in [0.3, 0.4) is 0 Å². The van der Waals surface area contributed by atoms with Crippen LogP contribution in [0.2, 0.25) is 0 Å². The Bertz CT molecular complexity index is 551. The van der Waals surface area contributed by atoms with Crippen molar-refractivity contribution in [2.75, 3.05) is 19.0 Å². The first-order valence-corrected chi connectivity index (χ1v) is 9.25. The van der Waals surface area contributed by atoms with Crippen LogP contribution in [-0.4, -0.2) is 73.6 Å². The molecule has 0 aromatic carbocycles. The maximum absolute atomic E-state index is 12.1. The molecule has 5 atom stereocenters. The van der Waals surface area contributed by atoms with Gasteiger partial charge in [0.05, 0.1) is 13.7 Å². The highest BCUT2D eigenvalue weighted by molar-refractivity contribution is 9.09. The van der Waals surface area contributed by atoms with Crippen molar-refractivity contribution in [3.8, 4) is 0 Å². The zero-order chi connectivity index (χ0) is 20.6. The number of halogens is 1. The van der Waals surface area contributed by atoms with Gasteiger partial charge in [0, 0.05) is 26.1 Å². The zero-order valence-corrected chi connectivity index (χ0v) is 17.1. The fraction of sp³-hybridized carbons (Fsp3) is 0.750. The summed E-state index contributed by atoms with van der Waals surface area (Å²) in [7, 11) is 1.12. The first-order chi connectivity index (χ1) is 12.7. The number of hydrogen-bond donors (Lipinski definition) is 0. The van der Waals surface area contributed by atoms with E-state index in [1.54, 1.807) is 0 Å². The van der Waals surface area contributed by atoms with E-state index in [0.717, 1.165) is 27.9 Å². The van der Waals surface area contributed by atoms with Crippen molar-refractivity contribution in [1.82, 2.24) is 0 Å². The molecule has 11 heteroatoms. The van der Waals surface area contributed by atoms with Crippen LogP contribution in [0.5, 0.6) is 0 Å². The topological polar surface area (TPSA) is 124 Å². The monoisotopic (exact) mass is 454 g/mol. The van der Waals surface area contributed by atoms with Crippen molar-refractivity contribution >= 4 is 39.8 Å². The van der Waals surface area contributed by atoms with Crippen molar-refractivity contribution in [3.63, 3.8) is 0 Å². The highest BCUT2D eigenvalue weighted by Gasteiger charge is 2.55. The minimum atomic E-state index is -1.44. The Morgan fingerprint density at radius 1 is 0.889 bits per heavy atom. The molecule has 0 N–H and O–H groups in total. The van der Waals surface area contributed by atoms with Crippen molar-refractivity contribution in [3.05, 3.63) is 0 Å². The van der Waals surface area contributed by atoms with E-state index in [1.807, 2.05) is 0 Å². The highest BCUT2D eigenvalue weighted by Crippen LogP contribution is 2.30. The predicted molar refractivity (Wildman–Crippen MR) is 91.7 cm³/mol. The number of carbonyl (C=O) groups excluding carboxylic acids is 4. The highest BCUT2D eigenvalue weighted by atomic mass is 79.9. The lowest BCUT2D eigenvalue weighted by Crippen LogP contribution is -2.63. The number of rotatable bonds is 8. The van der Waals surface area contributed by atoms with Gasteiger partial charge in [-0.1, -0.05) is 15.9 Å². The van der Waals surface area contributed by atoms with Gasteiger partial charge in [0.1, 0.15) is 0 Å². The lowest BCUT2D eigenvalue weighted by atomic mass is 9.97. The van der Waals surface area contributed by atoms with Gasteiger partial charge in [0.25, 0.3) is 0 Å². The summed E-state index contributed by atoms with van der Waals surface area (Å²) in [5.74, 6) is -3.06. The van der Waals surface area contributed by atoms with Gasteiger partial charge >= 0.3 is 23.9 Å². The van der Waals surface area contributed by atoms with Gasteiger partial charge in [0.2, 0.25) is 0 Å². The van der Waals surface area contributed by atoms with Crippen molar-refractivity contribution < 1.29 is 47.6 Å². The second kappa shape index (κ2) is 11.2. The molecule has 154 valence electrons. The van der Waals surface area contributed by atoms with E-state index in [2.05, 4.69) is 20.7 Å². The molecule has 0 spiro atoms. The Kier molecular flexibility index (Phi) is 9.67. The number of esters is 4. The summed E-state index contributed by atoms with van der Waals surface area (Å²) >= 11 is 3.25. The molecule has 1 saturated heterocycles. The molecule has 0 aromatic heterocycles. The van der Waals surface area contributed by atoms with Crippen molar-refractivity contribution in [2.45, 2.75) is 57.9 Å². The van der Waals surface area contributed by atoms with Gasteiger partial charge in [-0.2, -0.15) is 0 Å². The average molecular weight is 455 g/mol. The van der Waals surface area contributed by atoms with Gasteiger partial charge in [-0.3, -0.25) is 14.4 Å². The molecule has 0 aromatic rings. The lowest BCUT2D eigenvalue weighted by Gasteiger charge is -2.43. The Morgan fingerprint density at radius 3 is 1.89 bits per heavy atom. The maximum Gasteiger partial charge on any atom is 0.339 e. The molecule has 0 saturated carbocycles. The number of ether oxygens (including phenoxy) is 6. The number of carbonyl (C=O) groups is 4. The summed E-state index contributed by atoms with van der Waals surface area (Å²) in [6.07, 6.45) is -6.06. The molecule has 1 fully saturated rings. The minimum Gasteiger partial charge on any atom is -0.467 e. The molecular formula is C16H23BrO10. The normalized spacial score (nSPS) is 27.4. The molecule has 1 aliphatic heterocycles. The van der Waals surface area contributed by atoms with E-state index in [9.17, 15) is 19.2 Å². The second-order valence-electron chi connectivity index (χ2n) is 5.58. The number of methoxy groups -OCH3 is 1. The van der Waals surface area contributed by atoms with Crippen LogP contribution in [0.25, 0.3) is 0 Å². The second-order valence-corrected chi connectivity index (χ2v) is 6.38. The van der Waals surface area contributed by atoms with Crippen LogP contribution < -0.4 is 0 Å². The fourth-order valence-corrected chi connectivity index (χ4v) is 2.70. The molecule has 0 aliphatic carbocycles. The molecule has 1 heterocycles. The van der Waals surface area contributed by atoms with Crippen LogP contribution in [0.4, 0.5) is 0 Å². The third kappa shape index (κ3) is 7.07. The van der Waals surface area contributed by atoms with E-state index < -0.39 is 54.6 Å². The summed E-state index contributed by atoms with van der Waals surface area (Å²) in [5, 5.41) is 0.641. The van der Waals surface area contributed by atoms with E-state index in [1.165, 1.54) is 0 Å². The van der Waals surface area contributed by atoms with E-state index in [-0.39, 0.29) is 6.61 Å². The summed E-state index contributed by atoms with van der Waals surface area (Å²) in [6, 6.07) is 0. The quantitative estimate of drug-likeness (QED) is 0.221. The summed E-state index contributed by atoms with van der Waals surface area (Å²) in [4.78, 5) is 46.8. The van der Waals surface area contributed by atoms with Crippen LogP contribution in [0, 0.1) is 0 Å². The van der Waals surface area contributed by atoms with Gasteiger partial charge in [-0.25, -0.2) is 4.79 Å². The third-order valence-electron chi connectivity index (χ3n) is 3.39. The van der Waals surface area contributed by atoms with E-state index >= 15 is 0 Å². The molecule has 1 rings (SSSR count). The first-order valence-electron chi connectivity index (χ1n) is 8.13. The first kappa shape index (κ1) is 23.3. The molecule has 0 unspecified atom stereocenters. The van der Waals surface area contributed by atoms with Gasteiger partial charge < -0.3 is 28.4 Å². The van der Waals surface area contributed by atoms with Crippen molar-refractivity contribution in [2.24, 2.45) is 0 Å². The standard InChI is InChI=1S/C16H23BrO10/c1-8(18)24-11-12(25-9(2)19)14(26-10(3)20)16(23-7-5-6-17)27-13(11)15(21)22-4/h11-14,16H,5-7H2,1-4H3/t11-,12-,13-,14+,16+/m0/s1. The van der Waals surface area contributed by atoms with E-state index in [4.69, 9.17) is 23.7 Å². The maximum atomic E-state index is 12.1. The largest absolute Gasteiger partial charge is 0.467 e. The van der Waals surface area contributed by atoms with Gasteiger partial charge in [-0.05, 0) is 6.42 Å². The molecule has 0 radical (unpaired) electrons. The number of hydrogen-bond acceptors (Lipinski definition) is 10. The summed E-state index contributed by atoms with van der Waals surface area (Å²) in [6.45, 7) is 3.58. The smallest absolute Gasteiger partial charge is 0.339 e. The zero-order valence-electron chi connectivity index (χ0n) is 15.5. The fourth-order valence-electron chi connectivity index (χ4n) is 2.47. The average Bonchev–Trinajstić information content (AvgIpc) is 2.57. The van der Waals surface area contributed by atoms with Crippen LogP contribution in [-0.2, 0) is 47.6 Å². The Labute approximate surface area is 164 Å². The Hall–Kier alpha value is -1.72. The SMILES string of the molecule is COC(=O)[C@H]1O[C@@H](OCCCBr)[C@H](OC(C)=O)[C@@H](OC(C)=O)[C@@H]1OC(C)=O. The number of alkyl halides is 1. The van der Waals surface area contributed by atoms with Gasteiger partial charge in [0.15, 0.2) is 30.7 Å². The Balaban J connectivity index is 3.27. The van der Waals surface area contributed by atoms with Crippen LogP contribution in [0.1, 0.15) is 27.2 Å². The molecule has 27 heavy (non-hydrogen) atoms. The minimum absolute atomic E-state index is 0.201. The molecule has 1 aliphatic rings. The molecule has 0 amide bonds. The summed E-state index contributed by atoms with van der Waals surface area (Å²) in [5.41, 5.74) is 0. The Morgan fingerprint density at radius 2 is 1.41 bits per heavy atom. The molecule has 10 nitrogen and oxygen atoms in total.